The van der Waals surface area contributed by atoms with E-state index in [0.717, 1.165) is 21.1 Å². The Morgan fingerprint density at radius 1 is 1.13 bits per heavy atom. The highest BCUT2D eigenvalue weighted by Gasteiger charge is 2.14. The molecule has 0 bridgehead atoms. The molecule has 0 aliphatic carbocycles. The zero-order chi connectivity index (χ0) is 16.0. The quantitative estimate of drug-likeness (QED) is 0.541. The molecule has 23 heavy (non-hydrogen) atoms. The largest absolute Gasteiger partial charge is 0.339 e. The first-order chi connectivity index (χ1) is 11.2. The van der Waals surface area contributed by atoms with Gasteiger partial charge in [-0.3, -0.25) is 9.98 Å². The summed E-state index contributed by atoms with van der Waals surface area (Å²) in [5, 5.41) is 18.6. The number of hydrogen-bond acceptors (Lipinski definition) is 3. The molecule has 2 N–H and O–H groups in total. The number of para-hydroxylation sites is 1. The van der Waals surface area contributed by atoms with Gasteiger partial charge in [0.05, 0.1) is 0 Å². The molecule has 4 rings (SSSR count). The number of hydrogen-bond donors (Lipinski definition) is 2. The lowest BCUT2D eigenvalue weighted by molar-refractivity contribution is 0.921. The number of rotatable bonds is 1. The molecule has 2 aromatic carbocycles. The van der Waals surface area contributed by atoms with Crippen molar-refractivity contribution in [3.63, 3.8) is 0 Å². The predicted molar refractivity (Wildman–Crippen MR) is 91.2 cm³/mol. The van der Waals surface area contributed by atoms with Gasteiger partial charge in [0.15, 0.2) is 11.2 Å². The summed E-state index contributed by atoms with van der Waals surface area (Å²) in [5.74, 6) is 0. The van der Waals surface area contributed by atoms with E-state index in [0.29, 0.717) is 11.2 Å². The van der Waals surface area contributed by atoms with E-state index in [-0.39, 0.29) is 11.2 Å². The molecule has 2 heterocycles. The third kappa shape index (κ3) is 2.05. The number of nitrogens with one attached hydrogen (secondary N) is 2. The fraction of sp³-hybridized carbons (Fsp3) is 0. The lowest BCUT2D eigenvalue weighted by Crippen LogP contribution is -2.23. The van der Waals surface area contributed by atoms with Crippen LogP contribution in [0.3, 0.4) is 0 Å². The van der Waals surface area contributed by atoms with Crippen LogP contribution in [0.4, 0.5) is 0 Å². The summed E-state index contributed by atoms with van der Waals surface area (Å²) < 4.78 is 2.67. The average Bonchev–Trinajstić information content (AvgIpc) is 2.93. The zero-order valence-corrected chi connectivity index (χ0v) is 13.4. The van der Waals surface area contributed by atoms with Crippen molar-refractivity contribution in [3.05, 3.63) is 64.2 Å². The molecule has 0 amide bonds. The minimum absolute atomic E-state index is 0.0638. The van der Waals surface area contributed by atoms with Crippen molar-refractivity contribution in [1.82, 2.24) is 14.5 Å². The zero-order valence-electron chi connectivity index (χ0n) is 11.8. The Morgan fingerprint density at radius 3 is 2.61 bits per heavy atom. The fourth-order valence-electron chi connectivity index (χ4n) is 2.70. The number of nitrogens with zero attached hydrogens (tertiary/aromatic N) is 3. The molecule has 2 aromatic heterocycles. The molecule has 5 nitrogen and oxygen atoms in total. The van der Waals surface area contributed by atoms with Crippen LogP contribution in [0.2, 0.25) is 0 Å². The van der Waals surface area contributed by atoms with Gasteiger partial charge in [-0.2, -0.15) is 5.26 Å². The molecule has 0 atom stereocenters. The standard InChI is InChI=1S/C17H10BrN5/c18-10-5-7-11(8-6-10)23-16(20)14(9-19)21-15-12-3-1-2-4-13(12)22-17(15)23/h1-8,20,22H. The lowest BCUT2D eigenvalue weighted by atomic mass is 10.2. The lowest BCUT2D eigenvalue weighted by Gasteiger charge is -2.09. The number of benzene rings is 2. The van der Waals surface area contributed by atoms with E-state index in [4.69, 9.17) is 5.41 Å². The molecule has 0 aliphatic rings. The van der Waals surface area contributed by atoms with Crippen LogP contribution in [0.1, 0.15) is 5.69 Å². The second-order valence-corrected chi connectivity index (χ2v) is 6.02. The molecule has 0 saturated carbocycles. The smallest absolute Gasteiger partial charge is 0.184 e. The normalized spacial score (nSPS) is 11.0. The van der Waals surface area contributed by atoms with Crippen LogP contribution in [0, 0.1) is 16.7 Å². The number of aromatic nitrogens is 3. The van der Waals surface area contributed by atoms with Gasteiger partial charge in [-0.25, -0.2) is 4.98 Å². The Hall–Kier alpha value is -2.91. The van der Waals surface area contributed by atoms with Gasteiger partial charge in [0.25, 0.3) is 0 Å². The molecule has 0 saturated heterocycles. The van der Waals surface area contributed by atoms with E-state index in [9.17, 15) is 5.26 Å². The molecule has 0 unspecified atom stereocenters. The van der Waals surface area contributed by atoms with E-state index in [2.05, 4.69) is 25.9 Å². The highest BCUT2D eigenvalue weighted by Crippen LogP contribution is 2.24. The van der Waals surface area contributed by atoms with E-state index in [1.54, 1.807) is 4.57 Å². The van der Waals surface area contributed by atoms with Crippen molar-refractivity contribution in [1.29, 1.82) is 10.7 Å². The van der Waals surface area contributed by atoms with Crippen LogP contribution in [0.15, 0.2) is 53.0 Å². The number of halogens is 1. The van der Waals surface area contributed by atoms with Crippen LogP contribution in [0.25, 0.3) is 27.8 Å². The van der Waals surface area contributed by atoms with Gasteiger partial charge >= 0.3 is 0 Å². The van der Waals surface area contributed by atoms with Gasteiger partial charge in [0.1, 0.15) is 17.2 Å². The van der Waals surface area contributed by atoms with Gasteiger partial charge < -0.3 is 4.98 Å². The summed E-state index contributed by atoms with van der Waals surface area (Å²) in [6.07, 6.45) is 0. The fourth-order valence-corrected chi connectivity index (χ4v) is 2.96. The van der Waals surface area contributed by atoms with Gasteiger partial charge in [0, 0.05) is 21.1 Å². The summed E-state index contributed by atoms with van der Waals surface area (Å²) in [6, 6.07) is 17.4. The maximum absolute atomic E-state index is 9.34. The topological polar surface area (TPSA) is 81.2 Å². The molecule has 0 spiro atoms. The highest BCUT2D eigenvalue weighted by atomic mass is 79.9. The van der Waals surface area contributed by atoms with E-state index < -0.39 is 0 Å². The van der Waals surface area contributed by atoms with E-state index >= 15 is 0 Å². The monoisotopic (exact) mass is 363 g/mol. The van der Waals surface area contributed by atoms with Crippen molar-refractivity contribution in [2.24, 2.45) is 0 Å². The first-order valence-corrected chi connectivity index (χ1v) is 7.72. The summed E-state index contributed by atoms with van der Waals surface area (Å²) in [4.78, 5) is 7.69. The van der Waals surface area contributed by atoms with Crippen LogP contribution in [-0.2, 0) is 0 Å². The Bertz CT molecular complexity index is 1150. The van der Waals surface area contributed by atoms with Gasteiger partial charge in [-0.15, -0.1) is 0 Å². The van der Waals surface area contributed by atoms with Crippen LogP contribution in [0.5, 0.6) is 0 Å². The summed E-state index contributed by atoms with van der Waals surface area (Å²) in [5.41, 5.74) is 3.29. The molecule has 4 aromatic rings. The number of fused-ring (bicyclic) bond motifs is 3. The molecule has 0 radical (unpaired) electrons. The summed E-state index contributed by atoms with van der Waals surface area (Å²) in [7, 11) is 0. The van der Waals surface area contributed by atoms with E-state index in [1.165, 1.54) is 0 Å². The SMILES string of the molecule is N#Cc1nc2c3ccccc3[nH]c2n(-c2ccc(Br)cc2)c1=N. The third-order valence-electron chi connectivity index (χ3n) is 3.75. The third-order valence-corrected chi connectivity index (χ3v) is 4.27. The van der Waals surface area contributed by atoms with Crippen molar-refractivity contribution in [3.8, 4) is 11.8 Å². The van der Waals surface area contributed by atoms with Gasteiger partial charge in [-0.05, 0) is 30.3 Å². The van der Waals surface area contributed by atoms with Gasteiger partial charge in [-0.1, -0.05) is 34.1 Å². The first-order valence-electron chi connectivity index (χ1n) is 6.93. The maximum Gasteiger partial charge on any atom is 0.184 e. The van der Waals surface area contributed by atoms with Crippen molar-refractivity contribution >= 4 is 38.0 Å². The van der Waals surface area contributed by atoms with Crippen molar-refractivity contribution in [2.45, 2.75) is 0 Å². The molecule has 110 valence electrons. The first kappa shape index (κ1) is 13.7. The Kier molecular flexibility index (Phi) is 3.03. The van der Waals surface area contributed by atoms with E-state index in [1.807, 2.05) is 54.6 Å². The van der Waals surface area contributed by atoms with Crippen LogP contribution >= 0.6 is 15.9 Å². The summed E-state index contributed by atoms with van der Waals surface area (Å²) >= 11 is 3.41. The van der Waals surface area contributed by atoms with Crippen molar-refractivity contribution < 1.29 is 0 Å². The molecule has 6 heteroatoms. The molecule has 0 fully saturated rings. The summed E-state index contributed by atoms with van der Waals surface area (Å²) in [6.45, 7) is 0. The van der Waals surface area contributed by atoms with Gasteiger partial charge in [0.2, 0.25) is 0 Å². The molecular weight excluding hydrogens is 354 g/mol. The van der Waals surface area contributed by atoms with Crippen molar-refractivity contribution in [2.75, 3.05) is 0 Å². The number of H-pyrrole nitrogens is 1. The Labute approximate surface area is 139 Å². The number of aromatic amines is 1. The predicted octanol–water partition coefficient (Wildman–Crippen LogP) is 3.62. The number of nitriles is 1. The minimum Gasteiger partial charge on any atom is -0.339 e. The van der Waals surface area contributed by atoms with Crippen LogP contribution < -0.4 is 5.49 Å². The Balaban J connectivity index is 2.21. The second-order valence-electron chi connectivity index (χ2n) is 5.10. The second kappa shape index (κ2) is 5.07. The average molecular weight is 364 g/mol. The minimum atomic E-state index is 0.0638. The Morgan fingerprint density at radius 2 is 1.87 bits per heavy atom. The maximum atomic E-state index is 9.34. The highest BCUT2D eigenvalue weighted by molar-refractivity contribution is 9.10. The molecule has 0 aliphatic heterocycles. The molecular formula is C17H10BrN5. The van der Waals surface area contributed by atoms with Crippen LogP contribution in [-0.4, -0.2) is 14.5 Å².